The SMILES string of the molecule is O=C(O)c1cccc(N(CC(F)(F)F)C2CC2)c1. The van der Waals surface area contributed by atoms with Gasteiger partial charge in [-0.15, -0.1) is 0 Å². The van der Waals surface area contributed by atoms with Crippen LogP contribution < -0.4 is 4.90 Å². The molecule has 18 heavy (non-hydrogen) atoms. The quantitative estimate of drug-likeness (QED) is 0.903. The Balaban J connectivity index is 2.25. The summed E-state index contributed by atoms with van der Waals surface area (Å²) in [6.07, 6.45) is -2.86. The van der Waals surface area contributed by atoms with Crippen molar-refractivity contribution < 1.29 is 23.1 Å². The van der Waals surface area contributed by atoms with E-state index in [2.05, 4.69) is 0 Å². The summed E-state index contributed by atoms with van der Waals surface area (Å²) in [4.78, 5) is 12.0. The molecular weight excluding hydrogens is 247 g/mol. The molecule has 1 aliphatic carbocycles. The van der Waals surface area contributed by atoms with Crippen molar-refractivity contribution in [3.8, 4) is 0 Å². The van der Waals surface area contributed by atoms with Gasteiger partial charge in [0.25, 0.3) is 0 Å². The summed E-state index contributed by atoms with van der Waals surface area (Å²) in [5.74, 6) is -1.14. The maximum Gasteiger partial charge on any atom is 0.405 e. The Morgan fingerprint density at radius 2 is 2.06 bits per heavy atom. The number of anilines is 1. The molecule has 0 saturated heterocycles. The number of aromatic carboxylic acids is 1. The van der Waals surface area contributed by atoms with E-state index in [9.17, 15) is 18.0 Å². The van der Waals surface area contributed by atoms with E-state index in [1.807, 2.05) is 0 Å². The van der Waals surface area contributed by atoms with Crippen molar-refractivity contribution in [2.24, 2.45) is 0 Å². The molecule has 0 amide bonds. The maximum atomic E-state index is 12.5. The number of rotatable bonds is 4. The third kappa shape index (κ3) is 3.15. The van der Waals surface area contributed by atoms with Crippen LogP contribution >= 0.6 is 0 Å². The molecule has 0 radical (unpaired) electrons. The number of benzene rings is 1. The molecule has 0 unspecified atom stereocenters. The van der Waals surface area contributed by atoms with Crippen molar-refractivity contribution in [1.82, 2.24) is 0 Å². The highest BCUT2D eigenvalue weighted by atomic mass is 19.4. The summed E-state index contributed by atoms with van der Waals surface area (Å²) in [5, 5.41) is 8.84. The highest BCUT2D eigenvalue weighted by Crippen LogP contribution is 2.34. The van der Waals surface area contributed by atoms with Gasteiger partial charge in [-0.3, -0.25) is 0 Å². The molecule has 2 rings (SSSR count). The van der Waals surface area contributed by atoms with Gasteiger partial charge < -0.3 is 10.0 Å². The van der Waals surface area contributed by atoms with Crippen molar-refractivity contribution in [2.75, 3.05) is 11.4 Å². The van der Waals surface area contributed by atoms with Gasteiger partial charge in [-0.1, -0.05) is 6.07 Å². The van der Waals surface area contributed by atoms with Gasteiger partial charge in [0.05, 0.1) is 5.56 Å². The molecular formula is C12H12F3NO2. The van der Waals surface area contributed by atoms with E-state index in [0.29, 0.717) is 18.5 Å². The van der Waals surface area contributed by atoms with E-state index in [1.54, 1.807) is 0 Å². The fourth-order valence-electron chi connectivity index (χ4n) is 1.83. The largest absolute Gasteiger partial charge is 0.478 e. The zero-order valence-electron chi connectivity index (χ0n) is 9.44. The number of carbonyl (C=O) groups is 1. The Kier molecular flexibility index (Phi) is 3.19. The first-order valence-corrected chi connectivity index (χ1v) is 5.53. The van der Waals surface area contributed by atoms with E-state index < -0.39 is 18.7 Å². The zero-order valence-corrected chi connectivity index (χ0v) is 9.44. The third-order valence-corrected chi connectivity index (χ3v) is 2.76. The lowest BCUT2D eigenvalue weighted by Crippen LogP contribution is -2.36. The van der Waals surface area contributed by atoms with Crippen molar-refractivity contribution in [2.45, 2.75) is 25.1 Å². The summed E-state index contributed by atoms with van der Waals surface area (Å²) in [6.45, 7) is -1.04. The van der Waals surface area contributed by atoms with Crippen molar-refractivity contribution >= 4 is 11.7 Å². The predicted octanol–water partition coefficient (Wildman–Crippen LogP) is 2.92. The van der Waals surface area contributed by atoms with E-state index in [0.717, 1.165) is 0 Å². The van der Waals surface area contributed by atoms with Gasteiger partial charge in [0.2, 0.25) is 0 Å². The molecule has 0 atom stereocenters. The summed E-state index contributed by atoms with van der Waals surface area (Å²) in [5.41, 5.74) is 0.315. The van der Waals surface area contributed by atoms with E-state index in [4.69, 9.17) is 5.11 Å². The average Bonchev–Trinajstić information content (AvgIpc) is 3.08. The highest BCUT2D eigenvalue weighted by Gasteiger charge is 2.38. The van der Waals surface area contributed by atoms with Gasteiger partial charge in [-0.2, -0.15) is 13.2 Å². The Morgan fingerprint density at radius 1 is 1.39 bits per heavy atom. The Bertz CT molecular complexity index is 455. The van der Waals surface area contributed by atoms with Crippen LogP contribution in [-0.2, 0) is 0 Å². The third-order valence-electron chi connectivity index (χ3n) is 2.76. The van der Waals surface area contributed by atoms with Crippen LogP contribution in [0.15, 0.2) is 24.3 Å². The Labute approximate surface area is 102 Å². The Morgan fingerprint density at radius 3 is 2.56 bits per heavy atom. The van der Waals surface area contributed by atoms with Gasteiger partial charge >= 0.3 is 12.1 Å². The topological polar surface area (TPSA) is 40.5 Å². The molecule has 6 heteroatoms. The normalized spacial score (nSPS) is 15.5. The molecule has 0 spiro atoms. The van der Waals surface area contributed by atoms with E-state index in [1.165, 1.54) is 29.2 Å². The van der Waals surface area contributed by atoms with Crippen LogP contribution in [0.4, 0.5) is 18.9 Å². The maximum absolute atomic E-state index is 12.5. The smallest absolute Gasteiger partial charge is 0.405 e. The second-order valence-electron chi connectivity index (χ2n) is 4.33. The lowest BCUT2D eigenvalue weighted by atomic mass is 10.2. The molecule has 1 aromatic rings. The summed E-state index contributed by atoms with van der Waals surface area (Å²) < 4.78 is 37.4. The van der Waals surface area contributed by atoms with Crippen molar-refractivity contribution in [3.05, 3.63) is 29.8 Å². The number of halogens is 3. The van der Waals surface area contributed by atoms with Crippen LogP contribution in [0.2, 0.25) is 0 Å². The van der Waals surface area contributed by atoms with Gasteiger partial charge in [-0.25, -0.2) is 4.79 Å². The highest BCUT2D eigenvalue weighted by molar-refractivity contribution is 5.88. The molecule has 98 valence electrons. The summed E-state index contributed by atoms with van der Waals surface area (Å²) >= 11 is 0. The first-order chi connectivity index (χ1) is 8.37. The molecule has 1 saturated carbocycles. The van der Waals surface area contributed by atoms with E-state index >= 15 is 0 Å². The number of hydrogen-bond donors (Lipinski definition) is 1. The first-order valence-electron chi connectivity index (χ1n) is 5.53. The standard InChI is InChI=1S/C12H12F3NO2/c13-12(14,15)7-16(9-4-5-9)10-3-1-2-8(6-10)11(17)18/h1-3,6,9H,4-5,7H2,(H,17,18). The molecule has 0 aromatic heterocycles. The van der Waals surface area contributed by atoms with Crippen LogP contribution in [0, 0.1) is 0 Å². The average molecular weight is 259 g/mol. The second kappa shape index (κ2) is 4.51. The fraction of sp³-hybridized carbons (Fsp3) is 0.417. The number of carboxylic acid groups (broad SMARTS) is 1. The van der Waals surface area contributed by atoms with Gasteiger partial charge in [-0.05, 0) is 31.0 Å². The van der Waals surface area contributed by atoms with Crippen LogP contribution in [0.1, 0.15) is 23.2 Å². The second-order valence-corrected chi connectivity index (χ2v) is 4.33. The summed E-state index contributed by atoms with van der Waals surface area (Å²) in [7, 11) is 0. The minimum Gasteiger partial charge on any atom is -0.478 e. The molecule has 0 aliphatic heterocycles. The van der Waals surface area contributed by atoms with Gasteiger partial charge in [0.15, 0.2) is 0 Å². The number of nitrogens with zero attached hydrogens (tertiary/aromatic N) is 1. The minimum absolute atomic E-state index is 0.000300. The molecule has 1 aromatic carbocycles. The fourth-order valence-corrected chi connectivity index (χ4v) is 1.83. The number of alkyl halides is 3. The van der Waals surface area contributed by atoms with Crippen LogP contribution in [-0.4, -0.2) is 29.8 Å². The van der Waals surface area contributed by atoms with Gasteiger partial charge in [0, 0.05) is 11.7 Å². The molecule has 0 bridgehead atoms. The monoisotopic (exact) mass is 259 g/mol. The Hall–Kier alpha value is -1.72. The minimum atomic E-state index is -4.29. The zero-order chi connectivity index (χ0) is 13.3. The predicted molar refractivity (Wildman–Crippen MR) is 59.8 cm³/mol. The van der Waals surface area contributed by atoms with Crippen LogP contribution in [0.25, 0.3) is 0 Å². The molecule has 1 aliphatic rings. The van der Waals surface area contributed by atoms with Crippen molar-refractivity contribution in [1.29, 1.82) is 0 Å². The summed E-state index contributed by atoms with van der Waals surface area (Å²) in [6, 6.07) is 5.49. The molecule has 1 N–H and O–H groups in total. The van der Waals surface area contributed by atoms with Crippen LogP contribution in [0.3, 0.4) is 0 Å². The van der Waals surface area contributed by atoms with Gasteiger partial charge in [0.1, 0.15) is 6.54 Å². The van der Waals surface area contributed by atoms with Crippen molar-refractivity contribution in [3.63, 3.8) is 0 Å². The molecule has 3 nitrogen and oxygen atoms in total. The lowest BCUT2D eigenvalue weighted by Gasteiger charge is -2.26. The molecule has 0 heterocycles. The lowest BCUT2D eigenvalue weighted by molar-refractivity contribution is -0.120. The van der Waals surface area contributed by atoms with Crippen LogP contribution in [0.5, 0.6) is 0 Å². The van der Waals surface area contributed by atoms with E-state index in [-0.39, 0.29) is 11.6 Å². The first kappa shape index (κ1) is 12.7. The molecule has 1 fully saturated rings. The number of carboxylic acids is 1. The number of hydrogen-bond acceptors (Lipinski definition) is 2.